The van der Waals surface area contributed by atoms with E-state index in [0.717, 1.165) is 22.9 Å². The number of hydrogen-bond donors (Lipinski definition) is 0. The molecule has 136 valence electrons. The van der Waals surface area contributed by atoms with Gasteiger partial charge in [0, 0.05) is 22.4 Å². The summed E-state index contributed by atoms with van der Waals surface area (Å²) in [4.78, 5) is 19.0. The van der Waals surface area contributed by atoms with Crippen LogP contribution in [0.25, 0.3) is 0 Å². The summed E-state index contributed by atoms with van der Waals surface area (Å²) in [6.45, 7) is 9.00. The van der Waals surface area contributed by atoms with Gasteiger partial charge < -0.3 is 9.64 Å². The summed E-state index contributed by atoms with van der Waals surface area (Å²) < 4.78 is 5.73. The van der Waals surface area contributed by atoms with Crippen molar-refractivity contribution in [2.24, 2.45) is 5.92 Å². The van der Waals surface area contributed by atoms with Crippen molar-refractivity contribution in [1.29, 1.82) is 0 Å². The molecule has 0 bridgehead atoms. The zero-order chi connectivity index (χ0) is 18.4. The minimum atomic E-state index is -0.0136. The molecule has 1 heterocycles. The fourth-order valence-corrected chi connectivity index (χ4v) is 3.16. The van der Waals surface area contributed by atoms with Crippen LogP contribution in [-0.2, 0) is 17.9 Å². The van der Waals surface area contributed by atoms with Gasteiger partial charge in [-0.1, -0.05) is 32.4 Å². The Hall–Kier alpha value is -1.59. The molecule has 0 saturated heterocycles. The minimum Gasteiger partial charge on any atom is -0.486 e. The average molecular weight is 381 g/mol. The molecule has 2 aromatic rings. The van der Waals surface area contributed by atoms with Crippen molar-refractivity contribution in [3.05, 3.63) is 45.4 Å². The van der Waals surface area contributed by atoms with Crippen LogP contribution in [0, 0.1) is 5.92 Å². The highest BCUT2D eigenvalue weighted by atomic mass is 35.5. The first-order chi connectivity index (χ1) is 11.9. The molecule has 0 fully saturated rings. The summed E-state index contributed by atoms with van der Waals surface area (Å²) in [6, 6.07) is 7.47. The fraction of sp³-hybridized carbons (Fsp3) is 0.474. The van der Waals surface area contributed by atoms with Crippen LogP contribution < -0.4 is 4.74 Å². The standard InChI is InChI=1S/C19H25ClN2O2S/c1-5-14(4)22(19(23)13(2)3)10-16-12-25-18(21-16)11-24-17-8-6-15(20)7-9-17/h6-9,12-14H,5,10-11H2,1-4H3/t14-/m1/s1. The zero-order valence-corrected chi connectivity index (χ0v) is 16.7. The molecule has 4 nitrogen and oxygen atoms in total. The topological polar surface area (TPSA) is 42.4 Å². The number of carbonyl (C=O) groups is 1. The van der Waals surface area contributed by atoms with Gasteiger partial charge in [0.25, 0.3) is 0 Å². The van der Waals surface area contributed by atoms with Gasteiger partial charge in [-0.3, -0.25) is 4.79 Å². The molecule has 1 aromatic heterocycles. The van der Waals surface area contributed by atoms with Crippen molar-refractivity contribution in [3.63, 3.8) is 0 Å². The first kappa shape index (κ1) is 19.7. The number of thiazole rings is 1. The third kappa shape index (κ3) is 5.72. The van der Waals surface area contributed by atoms with Crippen LogP contribution in [0.3, 0.4) is 0 Å². The normalized spacial score (nSPS) is 12.2. The molecule has 25 heavy (non-hydrogen) atoms. The third-order valence-electron chi connectivity index (χ3n) is 4.01. The summed E-state index contributed by atoms with van der Waals surface area (Å²) in [5.41, 5.74) is 0.911. The van der Waals surface area contributed by atoms with Crippen LogP contribution in [0.2, 0.25) is 5.02 Å². The largest absolute Gasteiger partial charge is 0.486 e. The molecule has 2 rings (SSSR count). The van der Waals surface area contributed by atoms with Gasteiger partial charge in [0.2, 0.25) is 5.91 Å². The maximum atomic E-state index is 12.5. The molecule has 1 aromatic carbocycles. The number of nitrogens with zero attached hydrogens (tertiary/aromatic N) is 2. The monoisotopic (exact) mass is 380 g/mol. The lowest BCUT2D eigenvalue weighted by Gasteiger charge is -2.29. The van der Waals surface area contributed by atoms with Crippen LogP contribution in [0.15, 0.2) is 29.6 Å². The number of amides is 1. The van der Waals surface area contributed by atoms with Gasteiger partial charge in [0.15, 0.2) is 0 Å². The lowest BCUT2D eigenvalue weighted by atomic mass is 10.1. The molecule has 6 heteroatoms. The third-order valence-corrected chi connectivity index (χ3v) is 5.13. The van der Waals surface area contributed by atoms with Gasteiger partial charge in [-0.2, -0.15) is 0 Å². The predicted molar refractivity (Wildman–Crippen MR) is 103 cm³/mol. The summed E-state index contributed by atoms with van der Waals surface area (Å²) in [5.74, 6) is 0.916. The van der Waals surface area contributed by atoms with E-state index >= 15 is 0 Å². The number of hydrogen-bond acceptors (Lipinski definition) is 4. The maximum Gasteiger partial charge on any atom is 0.225 e. The van der Waals surface area contributed by atoms with Crippen LogP contribution in [0.4, 0.5) is 0 Å². The molecule has 0 aliphatic heterocycles. The Kier molecular flexibility index (Phi) is 7.26. The van der Waals surface area contributed by atoms with E-state index in [1.807, 2.05) is 36.3 Å². The second kappa shape index (κ2) is 9.20. The highest BCUT2D eigenvalue weighted by Gasteiger charge is 2.22. The van der Waals surface area contributed by atoms with Crippen molar-refractivity contribution in [1.82, 2.24) is 9.88 Å². The SMILES string of the molecule is CC[C@@H](C)N(Cc1csc(COc2ccc(Cl)cc2)n1)C(=O)C(C)C. The highest BCUT2D eigenvalue weighted by molar-refractivity contribution is 7.09. The van der Waals surface area contributed by atoms with E-state index in [2.05, 4.69) is 18.8 Å². The zero-order valence-electron chi connectivity index (χ0n) is 15.2. The summed E-state index contributed by atoms with van der Waals surface area (Å²) in [6.07, 6.45) is 0.926. The Labute approximate surface area is 158 Å². The molecule has 0 spiro atoms. The Morgan fingerprint density at radius 1 is 1.28 bits per heavy atom. The van der Waals surface area contributed by atoms with Crippen molar-refractivity contribution >= 4 is 28.8 Å². The molecule has 0 aliphatic rings. The van der Waals surface area contributed by atoms with Gasteiger partial charge >= 0.3 is 0 Å². The van der Waals surface area contributed by atoms with Crippen molar-refractivity contribution in [3.8, 4) is 5.75 Å². The Morgan fingerprint density at radius 3 is 2.56 bits per heavy atom. The van der Waals surface area contributed by atoms with Gasteiger partial charge in [-0.25, -0.2) is 4.98 Å². The first-order valence-electron chi connectivity index (χ1n) is 8.52. The molecule has 1 atom stereocenters. The minimum absolute atomic E-state index is 0.0136. The van der Waals surface area contributed by atoms with Crippen molar-refractivity contribution in [2.75, 3.05) is 0 Å². The van der Waals surface area contributed by atoms with Gasteiger partial charge in [-0.05, 0) is 37.6 Å². The Balaban J connectivity index is 1.98. The van der Waals surface area contributed by atoms with Crippen LogP contribution in [0.1, 0.15) is 44.8 Å². The summed E-state index contributed by atoms with van der Waals surface area (Å²) >= 11 is 7.42. The Morgan fingerprint density at radius 2 is 1.96 bits per heavy atom. The van der Waals surface area contributed by atoms with Crippen LogP contribution in [0.5, 0.6) is 5.75 Å². The molecular weight excluding hydrogens is 356 g/mol. The molecule has 0 radical (unpaired) electrons. The summed E-state index contributed by atoms with van der Waals surface area (Å²) in [5, 5.41) is 3.58. The number of rotatable bonds is 8. The van der Waals surface area contributed by atoms with Crippen molar-refractivity contribution in [2.45, 2.75) is 53.3 Å². The van der Waals surface area contributed by atoms with E-state index in [4.69, 9.17) is 16.3 Å². The number of benzene rings is 1. The molecule has 0 N–H and O–H groups in total. The van der Waals surface area contributed by atoms with Crippen LogP contribution in [-0.4, -0.2) is 21.8 Å². The molecular formula is C19H25ClN2O2S. The van der Waals surface area contributed by atoms with Gasteiger partial charge in [0.1, 0.15) is 17.4 Å². The molecule has 0 saturated carbocycles. The van der Waals surface area contributed by atoms with E-state index < -0.39 is 0 Å². The van der Waals surface area contributed by atoms with E-state index in [0.29, 0.717) is 18.2 Å². The number of ether oxygens (including phenoxy) is 1. The molecule has 0 aliphatic carbocycles. The quantitative estimate of drug-likeness (QED) is 0.635. The fourth-order valence-electron chi connectivity index (χ4n) is 2.34. The Bertz CT molecular complexity index is 685. The second-order valence-electron chi connectivity index (χ2n) is 6.35. The first-order valence-corrected chi connectivity index (χ1v) is 9.78. The van der Waals surface area contributed by atoms with E-state index in [1.54, 1.807) is 23.5 Å². The lowest BCUT2D eigenvalue weighted by molar-refractivity contribution is -0.137. The predicted octanol–water partition coefficient (Wildman–Crippen LogP) is 5.16. The van der Waals surface area contributed by atoms with Gasteiger partial charge in [-0.15, -0.1) is 11.3 Å². The average Bonchev–Trinajstić information content (AvgIpc) is 3.05. The highest BCUT2D eigenvalue weighted by Crippen LogP contribution is 2.20. The maximum absolute atomic E-state index is 12.5. The number of halogens is 1. The van der Waals surface area contributed by atoms with Crippen molar-refractivity contribution < 1.29 is 9.53 Å². The smallest absolute Gasteiger partial charge is 0.225 e. The second-order valence-corrected chi connectivity index (χ2v) is 7.73. The number of carbonyl (C=O) groups excluding carboxylic acids is 1. The van der Waals surface area contributed by atoms with E-state index in [1.165, 1.54) is 0 Å². The molecule has 0 unspecified atom stereocenters. The molecule has 1 amide bonds. The van der Waals surface area contributed by atoms with E-state index in [-0.39, 0.29) is 17.9 Å². The lowest BCUT2D eigenvalue weighted by Crippen LogP contribution is -2.40. The van der Waals surface area contributed by atoms with Gasteiger partial charge in [0.05, 0.1) is 12.2 Å². The number of aromatic nitrogens is 1. The van der Waals surface area contributed by atoms with Crippen LogP contribution >= 0.6 is 22.9 Å². The summed E-state index contributed by atoms with van der Waals surface area (Å²) in [7, 11) is 0. The van der Waals surface area contributed by atoms with E-state index in [9.17, 15) is 4.79 Å².